The molecule has 0 aromatic rings. The second kappa shape index (κ2) is 8.01. The number of hydrogen-bond acceptors (Lipinski definition) is 4. The standard InChI is InChI=1S/C12H25NO3/c1-3-15-4-5-16-9-12(14)8-13-11-6-10(2)7-11/h10-14H,3-9H2,1-2H3. The van der Waals surface area contributed by atoms with E-state index in [4.69, 9.17) is 9.47 Å². The molecule has 0 saturated heterocycles. The quantitative estimate of drug-likeness (QED) is 0.576. The van der Waals surface area contributed by atoms with Crippen LogP contribution < -0.4 is 5.32 Å². The van der Waals surface area contributed by atoms with Gasteiger partial charge in [0, 0.05) is 19.2 Å². The number of ether oxygens (including phenoxy) is 2. The summed E-state index contributed by atoms with van der Waals surface area (Å²) in [6, 6.07) is 0.605. The Morgan fingerprint density at radius 2 is 2.00 bits per heavy atom. The van der Waals surface area contributed by atoms with E-state index in [1.54, 1.807) is 0 Å². The molecule has 0 amide bonds. The molecule has 1 rings (SSSR count). The number of aliphatic hydroxyl groups excluding tert-OH is 1. The number of aliphatic hydroxyl groups is 1. The molecular weight excluding hydrogens is 206 g/mol. The van der Waals surface area contributed by atoms with Gasteiger partial charge in [-0.2, -0.15) is 0 Å². The maximum absolute atomic E-state index is 9.61. The summed E-state index contributed by atoms with van der Waals surface area (Å²) >= 11 is 0. The first-order valence-corrected chi connectivity index (χ1v) is 6.29. The molecule has 1 aliphatic carbocycles. The third-order valence-corrected chi connectivity index (χ3v) is 2.90. The van der Waals surface area contributed by atoms with Gasteiger partial charge in [-0.1, -0.05) is 6.92 Å². The van der Waals surface area contributed by atoms with Gasteiger partial charge in [0.1, 0.15) is 0 Å². The fourth-order valence-electron chi connectivity index (χ4n) is 1.91. The highest BCUT2D eigenvalue weighted by atomic mass is 16.5. The topological polar surface area (TPSA) is 50.7 Å². The Balaban J connectivity index is 1.85. The van der Waals surface area contributed by atoms with E-state index in [1.165, 1.54) is 12.8 Å². The summed E-state index contributed by atoms with van der Waals surface area (Å²) in [5, 5.41) is 13.0. The lowest BCUT2D eigenvalue weighted by Gasteiger charge is -2.34. The molecule has 4 nitrogen and oxygen atoms in total. The van der Waals surface area contributed by atoms with Gasteiger partial charge in [-0.05, 0) is 25.7 Å². The SMILES string of the molecule is CCOCCOCC(O)CNC1CC(C)C1. The van der Waals surface area contributed by atoms with Crippen LogP contribution in [0.2, 0.25) is 0 Å². The van der Waals surface area contributed by atoms with E-state index in [9.17, 15) is 5.11 Å². The second-order valence-electron chi connectivity index (χ2n) is 4.61. The van der Waals surface area contributed by atoms with Crippen molar-refractivity contribution in [2.24, 2.45) is 5.92 Å². The van der Waals surface area contributed by atoms with Gasteiger partial charge in [-0.3, -0.25) is 0 Å². The number of nitrogens with one attached hydrogen (secondary N) is 1. The molecule has 0 radical (unpaired) electrons. The zero-order chi connectivity index (χ0) is 11.8. The third kappa shape index (κ3) is 5.80. The van der Waals surface area contributed by atoms with Crippen LogP contribution in [0.5, 0.6) is 0 Å². The average molecular weight is 231 g/mol. The van der Waals surface area contributed by atoms with Crippen LogP contribution in [0.25, 0.3) is 0 Å². The van der Waals surface area contributed by atoms with Gasteiger partial charge in [0.05, 0.1) is 25.9 Å². The maximum atomic E-state index is 9.61. The smallest absolute Gasteiger partial charge is 0.0897 e. The van der Waals surface area contributed by atoms with Crippen molar-refractivity contribution < 1.29 is 14.6 Å². The lowest BCUT2D eigenvalue weighted by atomic mass is 9.82. The zero-order valence-corrected chi connectivity index (χ0v) is 10.4. The molecular formula is C12H25NO3. The van der Waals surface area contributed by atoms with Crippen molar-refractivity contribution >= 4 is 0 Å². The molecule has 0 spiro atoms. The summed E-state index contributed by atoms with van der Waals surface area (Å²) < 4.78 is 10.4. The minimum atomic E-state index is -0.405. The Bertz CT molecular complexity index is 172. The molecule has 1 atom stereocenters. The van der Waals surface area contributed by atoms with E-state index in [0.29, 0.717) is 39.0 Å². The Morgan fingerprint density at radius 3 is 2.62 bits per heavy atom. The summed E-state index contributed by atoms with van der Waals surface area (Å²) in [5.74, 6) is 0.845. The first-order chi connectivity index (χ1) is 7.72. The van der Waals surface area contributed by atoms with Gasteiger partial charge >= 0.3 is 0 Å². The molecule has 0 aliphatic heterocycles. The van der Waals surface area contributed by atoms with E-state index in [-0.39, 0.29) is 0 Å². The van der Waals surface area contributed by atoms with Crippen LogP contribution in [0.3, 0.4) is 0 Å². The predicted octanol–water partition coefficient (Wildman–Crippen LogP) is 0.788. The lowest BCUT2D eigenvalue weighted by molar-refractivity contribution is 0.00429. The van der Waals surface area contributed by atoms with E-state index in [1.807, 2.05) is 6.92 Å². The zero-order valence-electron chi connectivity index (χ0n) is 10.4. The van der Waals surface area contributed by atoms with Crippen LogP contribution in [0, 0.1) is 5.92 Å². The first kappa shape index (κ1) is 13.9. The fraction of sp³-hybridized carbons (Fsp3) is 1.00. The van der Waals surface area contributed by atoms with Crippen molar-refractivity contribution in [1.82, 2.24) is 5.32 Å². The van der Waals surface area contributed by atoms with Crippen molar-refractivity contribution in [3.05, 3.63) is 0 Å². The minimum absolute atomic E-state index is 0.391. The Morgan fingerprint density at radius 1 is 1.31 bits per heavy atom. The largest absolute Gasteiger partial charge is 0.389 e. The van der Waals surface area contributed by atoms with E-state index >= 15 is 0 Å². The van der Waals surface area contributed by atoms with Gasteiger partial charge < -0.3 is 19.9 Å². The number of hydrogen-bond donors (Lipinski definition) is 2. The Hall–Kier alpha value is -0.160. The van der Waals surface area contributed by atoms with Crippen molar-refractivity contribution in [2.75, 3.05) is 33.0 Å². The van der Waals surface area contributed by atoms with Crippen LogP contribution in [-0.4, -0.2) is 50.2 Å². The van der Waals surface area contributed by atoms with Crippen LogP contribution in [-0.2, 0) is 9.47 Å². The summed E-state index contributed by atoms with van der Waals surface area (Å²) in [6.45, 7) is 7.12. The van der Waals surface area contributed by atoms with Gasteiger partial charge in [0.25, 0.3) is 0 Å². The van der Waals surface area contributed by atoms with Crippen LogP contribution >= 0.6 is 0 Å². The molecule has 0 aromatic carbocycles. The number of rotatable bonds is 9. The Labute approximate surface area is 98.3 Å². The summed E-state index contributed by atoms with van der Waals surface area (Å²) in [5.41, 5.74) is 0. The molecule has 2 N–H and O–H groups in total. The molecule has 1 fully saturated rings. The van der Waals surface area contributed by atoms with Crippen LogP contribution in [0.1, 0.15) is 26.7 Å². The summed E-state index contributed by atoms with van der Waals surface area (Å²) in [4.78, 5) is 0. The highest BCUT2D eigenvalue weighted by Gasteiger charge is 2.24. The second-order valence-corrected chi connectivity index (χ2v) is 4.61. The average Bonchev–Trinajstić information content (AvgIpc) is 2.22. The van der Waals surface area contributed by atoms with Crippen molar-refractivity contribution in [3.8, 4) is 0 Å². The molecule has 4 heteroatoms. The van der Waals surface area contributed by atoms with Crippen LogP contribution in [0.15, 0.2) is 0 Å². The molecule has 1 unspecified atom stereocenters. The molecule has 1 aliphatic rings. The van der Waals surface area contributed by atoms with Crippen molar-refractivity contribution in [3.63, 3.8) is 0 Å². The van der Waals surface area contributed by atoms with Crippen molar-refractivity contribution in [2.45, 2.75) is 38.8 Å². The molecule has 1 saturated carbocycles. The molecule has 16 heavy (non-hydrogen) atoms. The fourth-order valence-corrected chi connectivity index (χ4v) is 1.91. The van der Waals surface area contributed by atoms with E-state index in [2.05, 4.69) is 12.2 Å². The minimum Gasteiger partial charge on any atom is -0.389 e. The van der Waals surface area contributed by atoms with Crippen LogP contribution in [0.4, 0.5) is 0 Å². The van der Waals surface area contributed by atoms with Gasteiger partial charge in [-0.25, -0.2) is 0 Å². The predicted molar refractivity (Wildman–Crippen MR) is 63.5 cm³/mol. The van der Waals surface area contributed by atoms with Gasteiger partial charge in [0.15, 0.2) is 0 Å². The third-order valence-electron chi connectivity index (χ3n) is 2.90. The normalized spacial score (nSPS) is 26.4. The monoisotopic (exact) mass is 231 g/mol. The van der Waals surface area contributed by atoms with Gasteiger partial charge in [0.2, 0.25) is 0 Å². The Kier molecular flexibility index (Phi) is 6.96. The first-order valence-electron chi connectivity index (χ1n) is 6.29. The summed E-state index contributed by atoms with van der Waals surface area (Å²) in [7, 11) is 0. The highest BCUT2D eigenvalue weighted by molar-refractivity contribution is 4.82. The van der Waals surface area contributed by atoms with Crippen molar-refractivity contribution in [1.29, 1.82) is 0 Å². The summed E-state index contributed by atoms with van der Waals surface area (Å²) in [6.07, 6.45) is 2.06. The highest BCUT2D eigenvalue weighted by Crippen LogP contribution is 2.25. The van der Waals surface area contributed by atoms with E-state index in [0.717, 1.165) is 5.92 Å². The molecule has 0 heterocycles. The molecule has 0 bridgehead atoms. The lowest BCUT2D eigenvalue weighted by Crippen LogP contribution is -2.44. The maximum Gasteiger partial charge on any atom is 0.0897 e. The molecule has 0 aromatic heterocycles. The van der Waals surface area contributed by atoms with E-state index < -0.39 is 6.10 Å². The molecule has 96 valence electrons. The van der Waals surface area contributed by atoms with Gasteiger partial charge in [-0.15, -0.1) is 0 Å².